The first-order valence-electron chi connectivity index (χ1n) is 6.73. The minimum absolute atomic E-state index is 0.140. The van der Waals surface area contributed by atoms with Gasteiger partial charge < -0.3 is 0 Å². The number of hydrogen-bond acceptors (Lipinski definition) is 2. The van der Waals surface area contributed by atoms with Gasteiger partial charge in [0.25, 0.3) is 0 Å². The van der Waals surface area contributed by atoms with Crippen molar-refractivity contribution >= 4 is 10.0 Å². The Balaban J connectivity index is 2.19. The zero-order valence-corrected chi connectivity index (χ0v) is 12.4. The van der Waals surface area contributed by atoms with Crippen molar-refractivity contribution in [2.75, 3.05) is 0 Å². The zero-order valence-electron chi connectivity index (χ0n) is 11.5. The van der Waals surface area contributed by atoms with E-state index in [0.717, 1.165) is 17.5 Å². The van der Waals surface area contributed by atoms with Crippen molar-refractivity contribution in [1.29, 1.82) is 0 Å². The SMILES string of the molecule is CCCCc1ccc(-c2ccc(S(N)(=O)=O)cc2)cc1. The summed E-state index contributed by atoms with van der Waals surface area (Å²) in [7, 11) is -3.62. The molecule has 2 N–H and O–H groups in total. The fourth-order valence-corrected chi connectivity index (χ4v) is 2.60. The highest BCUT2D eigenvalue weighted by Crippen LogP contribution is 2.22. The fraction of sp³-hybridized carbons (Fsp3) is 0.250. The van der Waals surface area contributed by atoms with Crippen molar-refractivity contribution in [1.82, 2.24) is 0 Å². The highest BCUT2D eigenvalue weighted by Gasteiger charge is 2.07. The monoisotopic (exact) mass is 289 g/mol. The Morgan fingerprint density at radius 2 is 1.40 bits per heavy atom. The summed E-state index contributed by atoms with van der Waals surface area (Å²) in [4.78, 5) is 0.140. The quantitative estimate of drug-likeness (QED) is 0.917. The van der Waals surface area contributed by atoms with Gasteiger partial charge in [-0.1, -0.05) is 49.7 Å². The molecule has 0 unspecified atom stereocenters. The van der Waals surface area contributed by atoms with Crippen LogP contribution in [-0.2, 0) is 16.4 Å². The molecule has 0 aromatic heterocycles. The van der Waals surface area contributed by atoms with Crippen molar-refractivity contribution in [3.05, 3.63) is 54.1 Å². The molecule has 0 aliphatic rings. The summed E-state index contributed by atoms with van der Waals surface area (Å²) in [5, 5.41) is 5.08. The highest BCUT2D eigenvalue weighted by atomic mass is 32.2. The molecule has 0 saturated heterocycles. The lowest BCUT2D eigenvalue weighted by molar-refractivity contribution is 0.598. The summed E-state index contributed by atoms with van der Waals surface area (Å²) < 4.78 is 22.4. The van der Waals surface area contributed by atoms with E-state index in [0.29, 0.717) is 0 Å². The van der Waals surface area contributed by atoms with Gasteiger partial charge in [0.05, 0.1) is 4.90 Å². The minimum atomic E-state index is -3.62. The van der Waals surface area contributed by atoms with E-state index in [1.54, 1.807) is 12.1 Å². The lowest BCUT2D eigenvalue weighted by Gasteiger charge is -2.05. The van der Waals surface area contributed by atoms with Crippen LogP contribution in [0.15, 0.2) is 53.4 Å². The molecule has 0 bridgehead atoms. The normalized spacial score (nSPS) is 11.5. The first-order valence-corrected chi connectivity index (χ1v) is 8.27. The predicted octanol–water partition coefficient (Wildman–Crippen LogP) is 3.34. The van der Waals surface area contributed by atoms with Gasteiger partial charge in [0, 0.05) is 0 Å². The van der Waals surface area contributed by atoms with E-state index in [4.69, 9.17) is 5.14 Å². The molecule has 0 aliphatic carbocycles. The van der Waals surface area contributed by atoms with Crippen LogP contribution in [0.1, 0.15) is 25.3 Å². The molecule has 2 rings (SSSR count). The summed E-state index contributed by atoms with van der Waals surface area (Å²) in [6.45, 7) is 2.18. The Labute approximate surface area is 120 Å². The van der Waals surface area contributed by atoms with Crippen LogP contribution >= 0.6 is 0 Å². The van der Waals surface area contributed by atoms with E-state index in [1.165, 1.54) is 30.5 Å². The Morgan fingerprint density at radius 3 is 1.85 bits per heavy atom. The van der Waals surface area contributed by atoms with Gasteiger partial charge in [-0.3, -0.25) is 0 Å². The second kappa shape index (κ2) is 6.20. The number of rotatable bonds is 5. The lowest BCUT2D eigenvalue weighted by Crippen LogP contribution is -2.11. The van der Waals surface area contributed by atoms with Crippen molar-refractivity contribution in [2.24, 2.45) is 5.14 Å². The molecule has 106 valence electrons. The van der Waals surface area contributed by atoms with Crippen LogP contribution in [0, 0.1) is 0 Å². The summed E-state index contributed by atoms with van der Waals surface area (Å²) in [5.74, 6) is 0. The summed E-state index contributed by atoms with van der Waals surface area (Å²) >= 11 is 0. The van der Waals surface area contributed by atoms with Gasteiger partial charge in [-0.25, -0.2) is 13.6 Å². The number of primary sulfonamides is 1. The van der Waals surface area contributed by atoms with Gasteiger partial charge in [-0.2, -0.15) is 0 Å². The van der Waals surface area contributed by atoms with Crippen LogP contribution in [-0.4, -0.2) is 8.42 Å². The van der Waals surface area contributed by atoms with E-state index in [2.05, 4.69) is 31.2 Å². The Hall–Kier alpha value is -1.65. The van der Waals surface area contributed by atoms with E-state index >= 15 is 0 Å². The number of nitrogens with two attached hydrogens (primary N) is 1. The van der Waals surface area contributed by atoms with Crippen LogP contribution in [0.2, 0.25) is 0 Å². The van der Waals surface area contributed by atoms with Gasteiger partial charge >= 0.3 is 0 Å². The van der Waals surface area contributed by atoms with E-state index in [1.807, 2.05) is 0 Å². The Bertz CT molecular complexity index is 659. The van der Waals surface area contributed by atoms with Gasteiger partial charge in [-0.05, 0) is 41.7 Å². The maximum atomic E-state index is 11.2. The molecule has 0 atom stereocenters. The standard InChI is InChI=1S/C16H19NO2S/c1-2-3-4-13-5-7-14(8-6-13)15-9-11-16(12-10-15)20(17,18)19/h5-12H,2-4H2,1H3,(H2,17,18,19). The number of hydrogen-bond donors (Lipinski definition) is 1. The summed E-state index contributed by atoms with van der Waals surface area (Å²) in [5.41, 5.74) is 3.39. The van der Waals surface area contributed by atoms with Crippen LogP contribution in [0.4, 0.5) is 0 Å². The largest absolute Gasteiger partial charge is 0.238 e. The van der Waals surface area contributed by atoms with E-state index < -0.39 is 10.0 Å². The van der Waals surface area contributed by atoms with Crippen LogP contribution in [0.3, 0.4) is 0 Å². The first kappa shape index (κ1) is 14.8. The molecule has 2 aromatic carbocycles. The molecular weight excluding hydrogens is 270 g/mol. The molecule has 20 heavy (non-hydrogen) atoms. The van der Waals surface area contributed by atoms with Crippen molar-refractivity contribution in [2.45, 2.75) is 31.1 Å². The van der Waals surface area contributed by atoms with Gasteiger partial charge in [0.1, 0.15) is 0 Å². The predicted molar refractivity (Wildman–Crippen MR) is 81.9 cm³/mol. The van der Waals surface area contributed by atoms with E-state index in [-0.39, 0.29) is 4.90 Å². The highest BCUT2D eigenvalue weighted by molar-refractivity contribution is 7.89. The molecule has 0 spiro atoms. The third-order valence-electron chi connectivity index (χ3n) is 3.29. The third kappa shape index (κ3) is 3.68. The molecule has 0 radical (unpaired) electrons. The van der Waals surface area contributed by atoms with E-state index in [9.17, 15) is 8.42 Å². The van der Waals surface area contributed by atoms with Crippen molar-refractivity contribution < 1.29 is 8.42 Å². The molecule has 4 heteroatoms. The van der Waals surface area contributed by atoms with Crippen molar-refractivity contribution in [3.8, 4) is 11.1 Å². The van der Waals surface area contributed by atoms with Crippen molar-refractivity contribution in [3.63, 3.8) is 0 Å². The fourth-order valence-electron chi connectivity index (χ4n) is 2.08. The topological polar surface area (TPSA) is 60.2 Å². The molecule has 0 saturated carbocycles. The number of unbranched alkanes of at least 4 members (excludes halogenated alkanes) is 1. The lowest BCUT2D eigenvalue weighted by atomic mass is 10.0. The number of aryl methyl sites for hydroxylation is 1. The molecule has 3 nitrogen and oxygen atoms in total. The maximum absolute atomic E-state index is 11.2. The van der Waals surface area contributed by atoms with Crippen LogP contribution < -0.4 is 5.14 Å². The number of sulfonamides is 1. The van der Waals surface area contributed by atoms with Gasteiger partial charge in [0.2, 0.25) is 10.0 Å². The smallest absolute Gasteiger partial charge is 0.225 e. The third-order valence-corrected chi connectivity index (χ3v) is 4.22. The average molecular weight is 289 g/mol. The molecule has 0 heterocycles. The Morgan fingerprint density at radius 1 is 0.900 bits per heavy atom. The molecule has 0 aliphatic heterocycles. The van der Waals surface area contributed by atoms with Crippen LogP contribution in [0.5, 0.6) is 0 Å². The summed E-state index contributed by atoms with van der Waals surface area (Å²) in [6, 6.07) is 15.0. The zero-order chi connectivity index (χ0) is 14.6. The minimum Gasteiger partial charge on any atom is -0.225 e. The average Bonchev–Trinajstić information content (AvgIpc) is 2.45. The summed E-state index contributed by atoms with van der Waals surface area (Å²) in [6.07, 6.45) is 3.49. The first-order chi connectivity index (χ1) is 9.50. The molecule has 0 amide bonds. The van der Waals surface area contributed by atoms with Gasteiger partial charge in [-0.15, -0.1) is 0 Å². The van der Waals surface area contributed by atoms with Crippen LogP contribution in [0.25, 0.3) is 11.1 Å². The molecule has 0 fully saturated rings. The second-order valence-electron chi connectivity index (χ2n) is 4.87. The Kier molecular flexibility index (Phi) is 4.57. The molecular formula is C16H19NO2S. The number of benzene rings is 2. The second-order valence-corrected chi connectivity index (χ2v) is 6.43. The van der Waals surface area contributed by atoms with Gasteiger partial charge in [0.15, 0.2) is 0 Å². The maximum Gasteiger partial charge on any atom is 0.238 e. The molecule has 2 aromatic rings.